The molecular formula is C21H19N7O. The lowest BCUT2D eigenvalue weighted by molar-refractivity contribution is 0.0676. The maximum atomic E-state index is 13.1. The average molecular weight is 385 g/mol. The number of nitrogens with zero attached hydrogens (tertiary/aromatic N) is 6. The largest absolute Gasteiger partial charge is 0.328 e. The predicted molar refractivity (Wildman–Crippen MR) is 107 cm³/mol. The molecule has 144 valence electrons. The molecule has 0 saturated carbocycles. The summed E-state index contributed by atoms with van der Waals surface area (Å²) in [6.45, 7) is 3.06. The van der Waals surface area contributed by atoms with Gasteiger partial charge in [0.15, 0.2) is 11.6 Å². The first-order valence-electron chi connectivity index (χ1n) is 9.45. The predicted octanol–water partition coefficient (Wildman–Crippen LogP) is 2.95. The molecule has 4 heterocycles. The standard InChI is InChI=1S/C21H19N7O/c1-14-12-27(13-19-25-26-20(28(14)19)16-5-3-2-4-6-16)21(29)18-11-17(23-24-18)15-7-9-22-10-8-15/h2-11,14H,12-13H2,1H3,(H,23,24)/t14-/m0/s1. The van der Waals surface area contributed by atoms with Crippen LogP contribution in [0.5, 0.6) is 0 Å². The summed E-state index contributed by atoms with van der Waals surface area (Å²) in [7, 11) is 0. The van der Waals surface area contributed by atoms with Crippen LogP contribution in [-0.4, -0.2) is 47.3 Å². The molecule has 5 rings (SSSR count). The Morgan fingerprint density at radius 1 is 1.07 bits per heavy atom. The number of hydrogen-bond donors (Lipinski definition) is 1. The highest BCUT2D eigenvalue weighted by atomic mass is 16.2. The van der Waals surface area contributed by atoms with E-state index in [0.717, 1.165) is 28.5 Å². The molecule has 0 spiro atoms. The summed E-state index contributed by atoms with van der Waals surface area (Å²) in [6, 6.07) is 15.6. The highest BCUT2D eigenvalue weighted by Gasteiger charge is 2.30. The Morgan fingerprint density at radius 3 is 2.66 bits per heavy atom. The zero-order chi connectivity index (χ0) is 19.8. The van der Waals surface area contributed by atoms with Crippen LogP contribution in [-0.2, 0) is 6.54 Å². The van der Waals surface area contributed by atoms with Gasteiger partial charge in [-0.15, -0.1) is 10.2 Å². The number of aromatic amines is 1. The molecule has 29 heavy (non-hydrogen) atoms. The van der Waals surface area contributed by atoms with Crippen molar-refractivity contribution in [3.63, 3.8) is 0 Å². The maximum absolute atomic E-state index is 13.1. The van der Waals surface area contributed by atoms with Crippen molar-refractivity contribution in [3.05, 3.63) is 72.4 Å². The van der Waals surface area contributed by atoms with E-state index in [4.69, 9.17) is 0 Å². The number of benzene rings is 1. The molecule has 8 nitrogen and oxygen atoms in total. The number of aromatic nitrogens is 6. The fourth-order valence-electron chi connectivity index (χ4n) is 3.74. The molecular weight excluding hydrogens is 366 g/mol. The maximum Gasteiger partial charge on any atom is 0.272 e. The van der Waals surface area contributed by atoms with Crippen LogP contribution in [0.2, 0.25) is 0 Å². The average Bonchev–Trinajstić information content (AvgIpc) is 3.42. The Hall–Kier alpha value is -3.81. The molecule has 8 heteroatoms. The van der Waals surface area contributed by atoms with E-state index in [-0.39, 0.29) is 11.9 Å². The van der Waals surface area contributed by atoms with E-state index >= 15 is 0 Å². The third-order valence-electron chi connectivity index (χ3n) is 5.13. The fraction of sp³-hybridized carbons (Fsp3) is 0.190. The van der Waals surface area contributed by atoms with Crippen molar-refractivity contribution in [2.75, 3.05) is 6.54 Å². The Bertz CT molecular complexity index is 1150. The third kappa shape index (κ3) is 3.08. The van der Waals surface area contributed by atoms with Gasteiger partial charge in [0.25, 0.3) is 5.91 Å². The van der Waals surface area contributed by atoms with Gasteiger partial charge in [-0.1, -0.05) is 30.3 Å². The smallest absolute Gasteiger partial charge is 0.272 e. The number of pyridine rings is 1. The number of H-pyrrole nitrogens is 1. The number of hydrogen-bond acceptors (Lipinski definition) is 5. The lowest BCUT2D eigenvalue weighted by Crippen LogP contribution is -2.40. The molecule has 0 aliphatic carbocycles. The van der Waals surface area contributed by atoms with Crippen molar-refractivity contribution in [3.8, 4) is 22.6 Å². The summed E-state index contributed by atoms with van der Waals surface area (Å²) in [5, 5.41) is 15.9. The Morgan fingerprint density at radius 2 is 1.86 bits per heavy atom. The minimum Gasteiger partial charge on any atom is -0.328 e. The van der Waals surface area contributed by atoms with Gasteiger partial charge in [-0.25, -0.2) is 0 Å². The van der Waals surface area contributed by atoms with E-state index in [9.17, 15) is 4.79 Å². The molecule has 1 amide bonds. The van der Waals surface area contributed by atoms with Crippen molar-refractivity contribution < 1.29 is 4.79 Å². The van der Waals surface area contributed by atoms with Crippen LogP contribution in [0.4, 0.5) is 0 Å². The van der Waals surface area contributed by atoms with E-state index < -0.39 is 0 Å². The second-order valence-corrected chi connectivity index (χ2v) is 7.11. The van der Waals surface area contributed by atoms with Gasteiger partial charge in [-0.05, 0) is 25.1 Å². The molecule has 0 bridgehead atoms. The normalized spacial score (nSPS) is 15.9. The molecule has 3 aromatic heterocycles. The molecule has 0 radical (unpaired) electrons. The first kappa shape index (κ1) is 17.3. The number of amides is 1. The molecule has 1 aliphatic rings. The second-order valence-electron chi connectivity index (χ2n) is 7.11. The van der Waals surface area contributed by atoms with Gasteiger partial charge in [0.2, 0.25) is 0 Å². The molecule has 1 N–H and O–H groups in total. The topological polar surface area (TPSA) is 92.6 Å². The van der Waals surface area contributed by atoms with Gasteiger partial charge < -0.3 is 9.47 Å². The zero-order valence-electron chi connectivity index (χ0n) is 15.9. The van der Waals surface area contributed by atoms with Crippen molar-refractivity contribution in [1.29, 1.82) is 0 Å². The van der Waals surface area contributed by atoms with Crippen molar-refractivity contribution in [2.24, 2.45) is 0 Å². The number of carbonyl (C=O) groups is 1. The number of fused-ring (bicyclic) bond motifs is 1. The van der Waals surface area contributed by atoms with Crippen molar-refractivity contribution in [1.82, 2.24) is 34.8 Å². The van der Waals surface area contributed by atoms with Crippen LogP contribution in [0.15, 0.2) is 60.9 Å². The fourth-order valence-corrected chi connectivity index (χ4v) is 3.74. The first-order valence-corrected chi connectivity index (χ1v) is 9.45. The van der Waals surface area contributed by atoms with Crippen molar-refractivity contribution >= 4 is 5.91 Å². The SMILES string of the molecule is C[C@H]1CN(C(=O)c2cc(-c3ccncc3)n[nH]2)Cc2nnc(-c3ccccc3)n21. The van der Waals surface area contributed by atoms with Crippen LogP contribution >= 0.6 is 0 Å². The molecule has 0 saturated heterocycles. The minimum absolute atomic E-state index is 0.0653. The van der Waals surface area contributed by atoms with Crippen LogP contribution < -0.4 is 0 Å². The summed E-state index contributed by atoms with van der Waals surface area (Å²) in [4.78, 5) is 18.9. The molecule has 1 atom stereocenters. The van der Waals surface area contributed by atoms with E-state index in [2.05, 4.69) is 36.9 Å². The Balaban J connectivity index is 1.40. The van der Waals surface area contributed by atoms with Gasteiger partial charge in [-0.2, -0.15) is 5.10 Å². The van der Waals surface area contributed by atoms with Gasteiger partial charge in [0.1, 0.15) is 5.69 Å². The summed E-state index contributed by atoms with van der Waals surface area (Å²) in [5.41, 5.74) is 3.11. The van der Waals surface area contributed by atoms with Gasteiger partial charge >= 0.3 is 0 Å². The second kappa shape index (κ2) is 6.97. The molecule has 0 unspecified atom stereocenters. The van der Waals surface area contributed by atoms with Gasteiger partial charge in [0.05, 0.1) is 18.3 Å². The number of nitrogens with one attached hydrogen (secondary N) is 1. The van der Waals surface area contributed by atoms with E-state index in [1.165, 1.54) is 0 Å². The van der Waals surface area contributed by atoms with E-state index in [0.29, 0.717) is 18.8 Å². The van der Waals surface area contributed by atoms with Gasteiger partial charge in [0, 0.05) is 30.1 Å². The zero-order valence-corrected chi connectivity index (χ0v) is 15.9. The van der Waals surface area contributed by atoms with E-state index in [1.807, 2.05) is 42.5 Å². The molecule has 4 aromatic rings. The van der Waals surface area contributed by atoms with Crippen LogP contribution in [0, 0.1) is 0 Å². The number of rotatable bonds is 3. The highest BCUT2D eigenvalue weighted by molar-refractivity contribution is 5.93. The first-order chi connectivity index (χ1) is 14.2. The number of carbonyl (C=O) groups excluding carboxylic acids is 1. The quantitative estimate of drug-likeness (QED) is 0.585. The summed E-state index contributed by atoms with van der Waals surface area (Å²) in [6.07, 6.45) is 3.41. The monoisotopic (exact) mass is 385 g/mol. The van der Waals surface area contributed by atoms with Crippen molar-refractivity contribution in [2.45, 2.75) is 19.5 Å². The Kier molecular flexibility index (Phi) is 4.16. The van der Waals surface area contributed by atoms with Gasteiger partial charge in [-0.3, -0.25) is 14.9 Å². The lowest BCUT2D eigenvalue weighted by atomic mass is 10.1. The van der Waals surface area contributed by atoms with Crippen LogP contribution in [0.3, 0.4) is 0 Å². The molecule has 1 aliphatic heterocycles. The van der Waals surface area contributed by atoms with Crippen LogP contribution in [0.1, 0.15) is 29.3 Å². The third-order valence-corrected chi connectivity index (χ3v) is 5.13. The van der Waals surface area contributed by atoms with Crippen LogP contribution in [0.25, 0.3) is 22.6 Å². The molecule has 0 fully saturated rings. The lowest BCUT2D eigenvalue weighted by Gasteiger charge is -2.32. The minimum atomic E-state index is -0.0971. The molecule has 1 aromatic carbocycles. The summed E-state index contributed by atoms with van der Waals surface area (Å²) >= 11 is 0. The highest BCUT2D eigenvalue weighted by Crippen LogP contribution is 2.28. The Labute approximate surface area is 167 Å². The summed E-state index contributed by atoms with van der Waals surface area (Å²) in [5.74, 6) is 1.52. The van der Waals surface area contributed by atoms with E-state index in [1.54, 1.807) is 23.4 Å². The summed E-state index contributed by atoms with van der Waals surface area (Å²) < 4.78 is 2.12.